The Morgan fingerprint density at radius 1 is 0.955 bits per heavy atom. The van der Waals surface area contributed by atoms with Crippen molar-refractivity contribution in [2.75, 3.05) is 5.43 Å². The summed E-state index contributed by atoms with van der Waals surface area (Å²) in [6.07, 6.45) is 0. The van der Waals surface area contributed by atoms with Crippen molar-refractivity contribution in [3.8, 4) is 0 Å². The lowest BCUT2D eigenvalue weighted by Crippen LogP contribution is -2.05. The maximum absolute atomic E-state index is 13.5. The molecule has 2 aromatic carbocycles. The summed E-state index contributed by atoms with van der Waals surface area (Å²) in [7, 11) is 0. The number of nitrogens with zero attached hydrogens (tertiary/aromatic N) is 1. The molecule has 0 aliphatic carbocycles. The normalized spacial score (nSPS) is 11.7. The minimum Gasteiger partial charge on any atom is -0.272 e. The third-order valence-corrected chi connectivity index (χ3v) is 3.52. The molecule has 2 nitrogen and oxygen atoms in total. The molecule has 0 atom stereocenters. The summed E-state index contributed by atoms with van der Waals surface area (Å²) in [6, 6.07) is 4.70. The maximum Gasteiger partial charge on any atom is 0.186 e. The molecular formula is C14H8Cl2F4N2. The molecule has 0 spiro atoms. The van der Waals surface area contributed by atoms with Gasteiger partial charge in [-0.25, -0.2) is 17.6 Å². The second-order valence-corrected chi connectivity index (χ2v) is 5.10. The molecule has 0 radical (unpaired) electrons. The van der Waals surface area contributed by atoms with E-state index in [1.54, 1.807) is 6.07 Å². The smallest absolute Gasteiger partial charge is 0.186 e. The molecule has 2 rings (SSSR count). The summed E-state index contributed by atoms with van der Waals surface area (Å²) < 4.78 is 53.0. The van der Waals surface area contributed by atoms with Gasteiger partial charge in [-0.1, -0.05) is 29.3 Å². The van der Waals surface area contributed by atoms with Gasteiger partial charge in [0.25, 0.3) is 0 Å². The summed E-state index contributed by atoms with van der Waals surface area (Å²) in [6.45, 7) is 1.51. The largest absolute Gasteiger partial charge is 0.272 e. The highest BCUT2D eigenvalue weighted by Gasteiger charge is 2.18. The standard InChI is InChI=1S/C14H8Cl2F4N2/c1-6(7-2-3-8(15)9(16)4-7)21-22-14-12(19)10(17)5-11(18)13(14)20/h2-5,22H,1H3. The maximum atomic E-state index is 13.5. The van der Waals surface area contributed by atoms with Crippen LogP contribution in [0.1, 0.15) is 12.5 Å². The fourth-order valence-corrected chi connectivity index (χ4v) is 1.89. The first-order valence-corrected chi connectivity index (χ1v) is 6.65. The molecule has 116 valence electrons. The van der Waals surface area contributed by atoms with Crippen LogP contribution in [0.2, 0.25) is 10.0 Å². The lowest BCUT2D eigenvalue weighted by atomic mass is 10.1. The van der Waals surface area contributed by atoms with Gasteiger partial charge in [-0.2, -0.15) is 5.10 Å². The lowest BCUT2D eigenvalue weighted by Gasteiger charge is -2.08. The Morgan fingerprint density at radius 3 is 2.09 bits per heavy atom. The first-order chi connectivity index (χ1) is 10.3. The summed E-state index contributed by atoms with van der Waals surface area (Å²) >= 11 is 11.6. The first kappa shape index (κ1) is 16.6. The van der Waals surface area contributed by atoms with Crippen molar-refractivity contribution in [1.82, 2.24) is 0 Å². The molecule has 2 aromatic rings. The Hall–Kier alpha value is -1.79. The summed E-state index contributed by atoms with van der Waals surface area (Å²) in [5.41, 5.74) is 1.75. The van der Waals surface area contributed by atoms with Crippen molar-refractivity contribution in [3.63, 3.8) is 0 Å². The highest BCUT2D eigenvalue weighted by molar-refractivity contribution is 6.42. The van der Waals surface area contributed by atoms with Crippen LogP contribution >= 0.6 is 23.2 Å². The molecule has 0 fully saturated rings. The topological polar surface area (TPSA) is 24.4 Å². The molecule has 0 amide bonds. The quantitative estimate of drug-likeness (QED) is 0.341. The van der Waals surface area contributed by atoms with Crippen LogP contribution in [0, 0.1) is 23.3 Å². The zero-order chi connectivity index (χ0) is 16.4. The molecule has 0 aromatic heterocycles. The van der Waals surface area contributed by atoms with Crippen LogP contribution in [0.5, 0.6) is 0 Å². The van der Waals surface area contributed by atoms with E-state index in [0.29, 0.717) is 10.6 Å². The van der Waals surface area contributed by atoms with Gasteiger partial charge in [0.1, 0.15) is 5.69 Å². The molecule has 8 heteroatoms. The molecular weight excluding hydrogens is 343 g/mol. The highest BCUT2D eigenvalue weighted by Crippen LogP contribution is 2.25. The van der Waals surface area contributed by atoms with Gasteiger partial charge in [-0.05, 0) is 24.6 Å². The number of nitrogens with one attached hydrogen (secondary N) is 1. The average Bonchev–Trinajstić information content (AvgIpc) is 2.47. The van der Waals surface area contributed by atoms with Gasteiger partial charge in [0, 0.05) is 6.07 Å². The number of benzene rings is 2. The van der Waals surface area contributed by atoms with E-state index in [9.17, 15) is 17.6 Å². The van der Waals surface area contributed by atoms with Crippen LogP contribution in [0.25, 0.3) is 0 Å². The molecule has 0 aliphatic heterocycles. The van der Waals surface area contributed by atoms with E-state index in [1.165, 1.54) is 19.1 Å². The molecule has 22 heavy (non-hydrogen) atoms. The van der Waals surface area contributed by atoms with Crippen molar-refractivity contribution < 1.29 is 17.6 Å². The van der Waals surface area contributed by atoms with E-state index >= 15 is 0 Å². The van der Waals surface area contributed by atoms with Gasteiger partial charge in [-0.15, -0.1) is 0 Å². The molecule has 0 heterocycles. The fourth-order valence-electron chi connectivity index (χ4n) is 1.60. The van der Waals surface area contributed by atoms with Crippen LogP contribution in [-0.2, 0) is 0 Å². The number of hydrazone groups is 1. The van der Waals surface area contributed by atoms with Crippen molar-refractivity contribution in [3.05, 3.63) is 63.1 Å². The van der Waals surface area contributed by atoms with E-state index in [1.807, 2.05) is 5.43 Å². The van der Waals surface area contributed by atoms with Crippen molar-refractivity contribution in [2.24, 2.45) is 5.10 Å². The molecule has 1 N–H and O–H groups in total. The van der Waals surface area contributed by atoms with E-state index in [4.69, 9.17) is 23.2 Å². The highest BCUT2D eigenvalue weighted by atomic mass is 35.5. The van der Waals surface area contributed by atoms with Gasteiger partial charge in [0.2, 0.25) is 0 Å². The lowest BCUT2D eigenvalue weighted by molar-refractivity contribution is 0.458. The zero-order valence-corrected chi connectivity index (χ0v) is 12.5. The van der Waals surface area contributed by atoms with Crippen LogP contribution in [0.3, 0.4) is 0 Å². The number of halogens is 6. The van der Waals surface area contributed by atoms with Crippen LogP contribution in [0.4, 0.5) is 23.2 Å². The van der Waals surface area contributed by atoms with Crippen LogP contribution in [-0.4, -0.2) is 5.71 Å². The molecule has 0 saturated carbocycles. The number of hydrogen-bond donors (Lipinski definition) is 1. The van der Waals surface area contributed by atoms with Gasteiger partial charge >= 0.3 is 0 Å². The molecule has 0 unspecified atom stereocenters. The summed E-state index contributed by atoms with van der Waals surface area (Å²) in [5.74, 6) is -6.18. The van der Waals surface area contributed by atoms with Crippen LogP contribution < -0.4 is 5.43 Å². The third-order valence-electron chi connectivity index (χ3n) is 2.78. The minimum absolute atomic E-state index is 0.116. The van der Waals surface area contributed by atoms with Crippen LogP contribution in [0.15, 0.2) is 29.4 Å². The number of rotatable bonds is 3. The van der Waals surface area contributed by atoms with Gasteiger partial charge in [0.05, 0.1) is 15.8 Å². The number of anilines is 1. The average molecular weight is 351 g/mol. The Kier molecular flexibility index (Phi) is 4.93. The predicted octanol–water partition coefficient (Wildman–Crippen LogP) is 5.39. The Balaban J connectivity index is 2.34. The second kappa shape index (κ2) is 6.54. The summed E-state index contributed by atoms with van der Waals surface area (Å²) in [5, 5.41) is 4.29. The van der Waals surface area contributed by atoms with Crippen molar-refractivity contribution in [2.45, 2.75) is 6.92 Å². The first-order valence-electron chi connectivity index (χ1n) is 5.90. The Bertz CT molecular complexity index is 737. The van der Waals surface area contributed by atoms with E-state index in [-0.39, 0.29) is 16.8 Å². The van der Waals surface area contributed by atoms with E-state index in [2.05, 4.69) is 5.10 Å². The third kappa shape index (κ3) is 3.34. The predicted molar refractivity (Wildman–Crippen MR) is 78.6 cm³/mol. The van der Waals surface area contributed by atoms with Gasteiger partial charge in [0.15, 0.2) is 23.3 Å². The van der Waals surface area contributed by atoms with Crippen molar-refractivity contribution >= 4 is 34.6 Å². The Morgan fingerprint density at radius 2 is 1.55 bits per heavy atom. The Labute approximate surface area is 133 Å². The molecule has 0 aliphatic rings. The van der Waals surface area contributed by atoms with Gasteiger partial charge in [-0.3, -0.25) is 5.43 Å². The zero-order valence-electron chi connectivity index (χ0n) is 11.0. The summed E-state index contributed by atoms with van der Waals surface area (Å²) in [4.78, 5) is 0. The number of hydrogen-bond acceptors (Lipinski definition) is 2. The SMILES string of the molecule is CC(=NNc1c(F)c(F)cc(F)c1F)c1ccc(Cl)c(Cl)c1. The van der Waals surface area contributed by atoms with Gasteiger partial charge < -0.3 is 0 Å². The minimum atomic E-state index is -1.57. The van der Waals surface area contributed by atoms with Crippen molar-refractivity contribution in [1.29, 1.82) is 0 Å². The fraction of sp³-hybridized carbons (Fsp3) is 0.0714. The monoisotopic (exact) mass is 350 g/mol. The molecule has 0 bridgehead atoms. The molecule has 0 saturated heterocycles. The van der Waals surface area contributed by atoms with E-state index < -0.39 is 29.0 Å². The van der Waals surface area contributed by atoms with E-state index in [0.717, 1.165) is 0 Å². The second-order valence-electron chi connectivity index (χ2n) is 4.28.